The second-order valence-electron chi connectivity index (χ2n) is 2.94. The number of aldehydes is 1. The lowest BCUT2D eigenvalue weighted by atomic mass is 10.1. The Morgan fingerprint density at radius 3 is 3.07 bits per heavy atom. The van der Waals surface area contributed by atoms with Crippen molar-refractivity contribution in [1.29, 1.82) is 0 Å². The highest BCUT2D eigenvalue weighted by atomic mass is 32.2. The summed E-state index contributed by atoms with van der Waals surface area (Å²) in [6.07, 6.45) is 3.72. The first-order valence-electron chi connectivity index (χ1n) is 4.32. The van der Waals surface area contributed by atoms with E-state index in [9.17, 15) is 4.79 Å². The number of aromatic nitrogens is 2. The van der Waals surface area contributed by atoms with Crippen LogP contribution < -0.4 is 0 Å². The van der Waals surface area contributed by atoms with Gasteiger partial charge in [-0.25, -0.2) is 9.97 Å². The minimum absolute atomic E-state index is 0.576. The highest BCUT2D eigenvalue weighted by Crippen LogP contribution is 2.26. The molecule has 0 saturated heterocycles. The molecule has 74 valence electrons. The van der Waals surface area contributed by atoms with Crippen molar-refractivity contribution in [2.45, 2.75) is 17.3 Å². The highest BCUT2D eigenvalue weighted by molar-refractivity contribution is 7.98. The monoisotopic (exact) mass is 226 g/mol. The predicted octanol–water partition coefficient (Wildman–Crippen LogP) is 1.80. The molecule has 0 N–H and O–H groups in total. The zero-order valence-electron chi connectivity index (χ0n) is 7.82. The number of nitrogens with zero attached hydrogens (tertiary/aromatic N) is 2. The van der Waals surface area contributed by atoms with Crippen LogP contribution in [0.15, 0.2) is 5.16 Å². The van der Waals surface area contributed by atoms with Crippen molar-refractivity contribution < 1.29 is 4.79 Å². The predicted molar refractivity (Wildman–Crippen MR) is 59.1 cm³/mol. The number of fused-ring (bicyclic) bond motifs is 1. The molecule has 0 aliphatic carbocycles. The van der Waals surface area contributed by atoms with Gasteiger partial charge >= 0.3 is 0 Å². The Labute approximate surface area is 91.1 Å². The Hall–Kier alpha value is -0.550. The third-order valence-electron chi connectivity index (χ3n) is 2.13. The first-order chi connectivity index (χ1) is 6.85. The van der Waals surface area contributed by atoms with Gasteiger partial charge in [0.2, 0.25) is 0 Å². The van der Waals surface area contributed by atoms with Crippen LogP contribution >= 0.6 is 23.5 Å². The van der Waals surface area contributed by atoms with Crippen molar-refractivity contribution in [1.82, 2.24) is 9.97 Å². The van der Waals surface area contributed by atoms with Gasteiger partial charge in [0.1, 0.15) is 5.69 Å². The van der Waals surface area contributed by atoms with Crippen molar-refractivity contribution in [3.63, 3.8) is 0 Å². The third-order valence-corrected chi connectivity index (χ3v) is 3.66. The van der Waals surface area contributed by atoms with Crippen molar-refractivity contribution in [2.24, 2.45) is 0 Å². The van der Waals surface area contributed by atoms with Gasteiger partial charge in [-0.15, -0.1) is 0 Å². The molecule has 5 heteroatoms. The zero-order valence-corrected chi connectivity index (χ0v) is 9.45. The van der Waals surface area contributed by atoms with Crippen molar-refractivity contribution in [3.8, 4) is 0 Å². The van der Waals surface area contributed by atoms with Crippen LogP contribution in [0.25, 0.3) is 0 Å². The Morgan fingerprint density at radius 1 is 1.50 bits per heavy atom. The zero-order chi connectivity index (χ0) is 9.97. The first kappa shape index (κ1) is 9.98. The van der Waals surface area contributed by atoms with E-state index in [1.54, 1.807) is 0 Å². The molecule has 0 aromatic carbocycles. The van der Waals surface area contributed by atoms with Crippen molar-refractivity contribution >= 4 is 29.8 Å². The van der Waals surface area contributed by atoms with E-state index in [0.29, 0.717) is 10.9 Å². The molecule has 2 rings (SSSR count). The van der Waals surface area contributed by atoms with E-state index in [2.05, 4.69) is 9.97 Å². The molecule has 1 aliphatic heterocycles. The Morgan fingerprint density at radius 2 is 2.36 bits per heavy atom. The van der Waals surface area contributed by atoms with Crippen molar-refractivity contribution in [3.05, 3.63) is 17.0 Å². The van der Waals surface area contributed by atoms with Crippen LogP contribution in [0.4, 0.5) is 0 Å². The van der Waals surface area contributed by atoms with E-state index in [4.69, 9.17) is 0 Å². The number of carbonyl (C=O) groups is 1. The van der Waals surface area contributed by atoms with Crippen LogP contribution in [-0.2, 0) is 12.2 Å². The standard InChI is InChI=1S/C9H10N2OS2/c1-13-9-10-7-2-3-14-5-6(7)8(4-12)11-9/h4H,2-3,5H2,1H3. The SMILES string of the molecule is CSc1nc(C=O)c2c(n1)CCSC2. The van der Waals surface area contributed by atoms with Crippen LogP contribution in [0.2, 0.25) is 0 Å². The summed E-state index contributed by atoms with van der Waals surface area (Å²) in [4.78, 5) is 19.5. The summed E-state index contributed by atoms with van der Waals surface area (Å²) >= 11 is 3.32. The molecule has 0 amide bonds. The molecular weight excluding hydrogens is 216 g/mol. The summed E-state index contributed by atoms with van der Waals surface area (Å²) in [5.74, 6) is 1.97. The Balaban J connectivity index is 2.52. The summed E-state index contributed by atoms with van der Waals surface area (Å²) in [5.41, 5.74) is 2.67. The normalized spacial score (nSPS) is 14.9. The number of hydrogen-bond acceptors (Lipinski definition) is 5. The largest absolute Gasteiger partial charge is 0.296 e. The molecule has 0 unspecified atom stereocenters. The summed E-state index contributed by atoms with van der Waals surface area (Å²) in [7, 11) is 0. The van der Waals surface area contributed by atoms with Gasteiger partial charge in [-0.05, 0) is 18.4 Å². The fraction of sp³-hybridized carbons (Fsp3) is 0.444. The number of aryl methyl sites for hydroxylation is 1. The molecule has 0 radical (unpaired) electrons. The van der Waals surface area contributed by atoms with Gasteiger partial charge in [-0.2, -0.15) is 11.8 Å². The lowest BCUT2D eigenvalue weighted by Crippen LogP contribution is -2.11. The first-order valence-corrected chi connectivity index (χ1v) is 6.70. The van der Waals surface area contributed by atoms with Gasteiger partial charge in [0.05, 0.1) is 5.69 Å². The molecule has 1 aromatic rings. The molecule has 0 bridgehead atoms. The lowest BCUT2D eigenvalue weighted by Gasteiger charge is -2.15. The minimum atomic E-state index is 0.576. The molecule has 1 aromatic heterocycles. The van der Waals surface area contributed by atoms with Gasteiger partial charge in [0.15, 0.2) is 11.4 Å². The van der Waals surface area contributed by atoms with Crippen LogP contribution in [0.3, 0.4) is 0 Å². The maximum Gasteiger partial charge on any atom is 0.188 e. The quantitative estimate of drug-likeness (QED) is 0.437. The molecule has 14 heavy (non-hydrogen) atoms. The topological polar surface area (TPSA) is 42.9 Å². The van der Waals surface area contributed by atoms with Gasteiger partial charge in [-0.1, -0.05) is 11.8 Å². The number of hydrogen-bond donors (Lipinski definition) is 0. The summed E-state index contributed by atoms with van der Waals surface area (Å²) in [5, 5.41) is 0.706. The van der Waals surface area contributed by atoms with E-state index in [1.807, 2.05) is 18.0 Å². The smallest absolute Gasteiger partial charge is 0.188 e. The van der Waals surface area contributed by atoms with Gasteiger partial charge in [0.25, 0.3) is 0 Å². The van der Waals surface area contributed by atoms with Gasteiger partial charge in [-0.3, -0.25) is 4.79 Å². The molecule has 1 aliphatic rings. The fourth-order valence-corrected chi connectivity index (χ4v) is 2.81. The molecule has 0 atom stereocenters. The summed E-state index contributed by atoms with van der Waals surface area (Å²) in [6.45, 7) is 0. The maximum absolute atomic E-state index is 10.8. The summed E-state index contributed by atoms with van der Waals surface area (Å²) in [6, 6.07) is 0. The third kappa shape index (κ3) is 1.79. The molecule has 0 fully saturated rings. The van der Waals surface area contributed by atoms with Crippen molar-refractivity contribution in [2.75, 3.05) is 12.0 Å². The molecular formula is C9H10N2OS2. The maximum atomic E-state index is 10.8. The summed E-state index contributed by atoms with van der Waals surface area (Å²) < 4.78 is 0. The van der Waals surface area contributed by atoms with E-state index < -0.39 is 0 Å². The second-order valence-corrected chi connectivity index (χ2v) is 4.82. The second kappa shape index (κ2) is 4.31. The number of carbonyl (C=O) groups excluding carboxylic acids is 1. The van der Waals surface area contributed by atoms with E-state index in [1.165, 1.54) is 11.8 Å². The number of rotatable bonds is 2. The average molecular weight is 226 g/mol. The van der Waals surface area contributed by atoms with E-state index in [-0.39, 0.29) is 0 Å². The molecule has 2 heterocycles. The molecule has 0 spiro atoms. The van der Waals surface area contributed by atoms with E-state index >= 15 is 0 Å². The lowest BCUT2D eigenvalue weighted by molar-refractivity contribution is 0.111. The van der Waals surface area contributed by atoms with Gasteiger partial charge < -0.3 is 0 Å². The average Bonchev–Trinajstić information content (AvgIpc) is 2.27. The minimum Gasteiger partial charge on any atom is -0.296 e. The fourth-order valence-electron chi connectivity index (χ4n) is 1.42. The molecule has 0 saturated carbocycles. The highest BCUT2D eigenvalue weighted by Gasteiger charge is 2.17. The Bertz CT molecular complexity index is 368. The molecule has 3 nitrogen and oxygen atoms in total. The van der Waals surface area contributed by atoms with Crippen LogP contribution in [0.5, 0.6) is 0 Å². The Kier molecular flexibility index (Phi) is 3.08. The van der Waals surface area contributed by atoms with Gasteiger partial charge in [0, 0.05) is 11.3 Å². The number of thioether (sulfide) groups is 2. The van der Waals surface area contributed by atoms with Crippen LogP contribution in [0.1, 0.15) is 21.7 Å². The van der Waals surface area contributed by atoms with Crippen LogP contribution in [0, 0.1) is 0 Å². The van der Waals surface area contributed by atoms with Crippen LogP contribution in [-0.4, -0.2) is 28.3 Å². The van der Waals surface area contributed by atoms with E-state index in [0.717, 1.165) is 35.5 Å².